The van der Waals surface area contributed by atoms with Crippen molar-refractivity contribution in [3.05, 3.63) is 65.5 Å². The predicted molar refractivity (Wildman–Crippen MR) is 104 cm³/mol. The zero-order valence-electron chi connectivity index (χ0n) is 14.8. The number of nitrogens with one attached hydrogen (secondary N) is 1. The zero-order valence-corrected chi connectivity index (χ0v) is 15.7. The Morgan fingerprint density at radius 3 is 2.44 bits per heavy atom. The summed E-state index contributed by atoms with van der Waals surface area (Å²) in [5.41, 5.74) is 2.09. The summed E-state index contributed by atoms with van der Waals surface area (Å²) in [7, 11) is 1.54. The highest BCUT2D eigenvalue weighted by molar-refractivity contribution is 7.14. The van der Waals surface area contributed by atoms with E-state index in [1.54, 1.807) is 31.4 Å². The first-order chi connectivity index (χ1) is 13.1. The molecule has 27 heavy (non-hydrogen) atoms. The predicted octanol–water partition coefficient (Wildman–Crippen LogP) is 4.00. The third-order valence-electron chi connectivity index (χ3n) is 3.78. The first kappa shape index (κ1) is 18.6. The fraction of sp³-hybridized carbons (Fsp3) is 0.150. The van der Waals surface area contributed by atoms with Gasteiger partial charge in [0.25, 0.3) is 5.91 Å². The maximum atomic E-state index is 12.3. The van der Waals surface area contributed by atoms with Gasteiger partial charge in [0.15, 0.2) is 11.2 Å². The largest absolute Gasteiger partial charge is 0.497 e. The average molecular weight is 382 g/mol. The second-order valence-corrected chi connectivity index (χ2v) is 6.53. The number of esters is 1. The molecule has 1 amide bonds. The van der Waals surface area contributed by atoms with Gasteiger partial charge in [-0.15, -0.1) is 11.3 Å². The maximum Gasteiger partial charge on any atom is 0.338 e. The van der Waals surface area contributed by atoms with E-state index in [0.717, 1.165) is 11.3 Å². The highest BCUT2D eigenvalue weighted by atomic mass is 32.1. The number of amides is 1. The van der Waals surface area contributed by atoms with Gasteiger partial charge in [-0.3, -0.25) is 10.1 Å². The minimum Gasteiger partial charge on any atom is -0.497 e. The quantitative estimate of drug-likeness (QED) is 0.652. The molecule has 1 atom stereocenters. The molecule has 0 saturated heterocycles. The monoisotopic (exact) mass is 382 g/mol. The molecule has 0 unspecified atom stereocenters. The number of benzene rings is 2. The molecule has 0 spiro atoms. The van der Waals surface area contributed by atoms with E-state index in [4.69, 9.17) is 9.47 Å². The van der Waals surface area contributed by atoms with Crippen molar-refractivity contribution >= 4 is 28.3 Å². The molecular weight excluding hydrogens is 364 g/mol. The summed E-state index contributed by atoms with van der Waals surface area (Å²) in [6.45, 7) is 1.52. The number of rotatable bonds is 6. The van der Waals surface area contributed by atoms with Crippen LogP contribution in [0.2, 0.25) is 0 Å². The highest BCUT2D eigenvalue weighted by Gasteiger charge is 2.20. The Hall–Kier alpha value is -3.19. The van der Waals surface area contributed by atoms with Gasteiger partial charge in [0, 0.05) is 10.9 Å². The van der Waals surface area contributed by atoms with E-state index < -0.39 is 18.0 Å². The maximum absolute atomic E-state index is 12.3. The van der Waals surface area contributed by atoms with Crippen molar-refractivity contribution in [1.29, 1.82) is 0 Å². The zero-order chi connectivity index (χ0) is 19.2. The second-order valence-electron chi connectivity index (χ2n) is 5.67. The number of anilines is 1. The molecule has 3 rings (SSSR count). The lowest BCUT2D eigenvalue weighted by molar-refractivity contribution is -0.123. The van der Waals surface area contributed by atoms with Crippen LogP contribution in [0.5, 0.6) is 5.75 Å². The fourth-order valence-electron chi connectivity index (χ4n) is 2.29. The molecule has 2 aromatic carbocycles. The number of aromatic nitrogens is 1. The van der Waals surface area contributed by atoms with Crippen LogP contribution in [0.1, 0.15) is 17.3 Å². The Balaban J connectivity index is 1.59. The first-order valence-electron chi connectivity index (χ1n) is 8.23. The summed E-state index contributed by atoms with van der Waals surface area (Å²) < 4.78 is 10.3. The van der Waals surface area contributed by atoms with E-state index >= 15 is 0 Å². The standard InChI is InChI=1S/C20H18N2O4S/c1-13(26-19(24)15-8-10-16(25-2)11-9-15)18(23)22-20-21-17(12-27-20)14-6-4-3-5-7-14/h3-13H,1-2H3,(H,21,22,23)/t13-/m0/s1. The van der Waals surface area contributed by atoms with Crippen LogP contribution < -0.4 is 10.1 Å². The van der Waals surface area contributed by atoms with Gasteiger partial charge >= 0.3 is 5.97 Å². The van der Waals surface area contributed by atoms with E-state index in [1.807, 2.05) is 35.7 Å². The molecule has 1 heterocycles. The van der Waals surface area contributed by atoms with Gasteiger partial charge in [0.1, 0.15) is 5.75 Å². The number of methoxy groups -OCH3 is 1. The molecule has 0 radical (unpaired) electrons. The third-order valence-corrected chi connectivity index (χ3v) is 4.54. The third kappa shape index (κ3) is 4.71. The van der Waals surface area contributed by atoms with E-state index in [2.05, 4.69) is 10.3 Å². The lowest BCUT2D eigenvalue weighted by Crippen LogP contribution is -2.29. The van der Waals surface area contributed by atoms with E-state index in [1.165, 1.54) is 18.3 Å². The Labute approximate surface area is 160 Å². The van der Waals surface area contributed by atoms with Crippen molar-refractivity contribution in [3.63, 3.8) is 0 Å². The van der Waals surface area contributed by atoms with Gasteiger partial charge in [-0.1, -0.05) is 30.3 Å². The van der Waals surface area contributed by atoms with Gasteiger partial charge in [0.05, 0.1) is 18.4 Å². The summed E-state index contributed by atoms with van der Waals surface area (Å²) in [4.78, 5) is 28.8. The molecule has 1 N–H and O–H groups in total. The van der Waals surface area contributed by atoms with Crippen LogP contribution in [0, 0.1) is 0 Å². The molecule has 0 aliphatic rings. The van der Waals surface area contributed by atoms with Crippen LogP contribution in [0.25, 0.3) is 11.3 Å². The highest BCUT2D eigenvalue weighted by Crippen LogP contribution is 2.24. The van der Waals surface area contributed by atoms with Crippen molar-refractivity contribution in [3.8, 4) is 17.0 Å². The van der Waals surface area contributed by atoms with Crippen molar-refractivity contribution in [2.24, 2.45) is 0 Å². The van der Waals surface area contributed by atoms with Gasteiger partial charge in [-0.25, -0.2) is 9.78 Å². The second kappa shape index (κ2) is 8.46. The van der Waals surface area contributed by atoms with Crippen molar-refractivity contribution in [2.45, 2.75) is 13.0 Å². The molecule has 138 valence electrons. The molecule has 0 aliphatic heterocycles. The molecule has 0 bridgehead atoms. The summed E-state index contributed by atoms with van der Waals surface area (Å²) in [6, 6.07) is 16.1. The number of carbonyl (C=O) groups excluding carboxylic acids is 2. The minimum absolute atomic E-state index is 0.344. The van der Waals surface area contributed by atoms with Gasteiger partial charge in [-0.2, -0.15) is 0 Å². The number of hydrogen-bond donors (Lipinski definition) is 1. The number of carbonyl (C=O) groups is 2. The van der Waals surface area contributed by atoms with E-state index in [9.17, 15) is 9.59 Å². The lowest BCUT2D eigenvalue weighted by Gasteiger charge is -2.12. The van der Waals surface area contributed by atoms with Crippen LogP contribution >= 0.6 is 11.3 Å². The number of hydrogen-bond acceptors (Lipinski definition) is 6. The minimum atomic E-state index is -0.955. The summed E-state index contributed by atoms with van der Waals surface area (Å²) in [5.74, 6) is -0.384. The van der Waals surface area contributed by atoms with Crippen molar-refractivity contribution < 1.29 is 19.1 Å². The molecule has 1 aromatic heterocycles. The smallest absolute Gasteiger partial charge is 0.338 e. The summed E-state index contributed by atoms with van der Waals surface area (Å²) in [6.07, 6.45) is -0.955. The normalized spacial score (nSPS) is 11.5. The fourth-order valence-corrected chi connectivity index (χ4v) is 3.01. The van der Waals surface area contributed by atoms with Crippen LogP contribution in [-0.4, -0.2) is 30.1 Å². The molecule has 0 aliphatic carbocycles. The van der Waals surface area contributed by atoms with Crippen LogP contribution in [0.3, 0.4) is 0 Å². The Morgan fingerprint density at radius 1 is 1.07 bits per heavy atom. The number of nitrogens with zero attached hydrogens (tertiary/aromatic N) is 1. The van der Waals surface area contributed by atoms with Crippen LogP contribution in [0.15, 0.2) is 60.0 Å². The average Bonchev–Trinajstić information content (AvgIpc) is 3.17. The van der Waals surface area contributed by atoms with Gasteiger partial charge < -0.3 is 9.47 Å². The molecule has 6 nitrogen and oxygen atoms in total. The SMILES string of the molecule is COc1ccc(C(=O)O[C@@H](C)C(=O)Nc2nc(-c3ccccc3)cs2)cc1. The molecular formula is C20H18N2O4S. The van der Waals surface area contributed by atoms with Gasteiger partial charge in [-0.05, 0) is 31.2 Å². The Bertz CT molecular complexity index is 923. The summed E-state index contributed by atoms with van der Waals surface area (Å²) in [5, 5.41) is 4.99. The number of ether oxygens (including phenoxy) is 2. The first-order valence-corrected chi connectivity index (χ1v) is 9.11. The summed E-state index contributed by atoms with van der Waals surface area (Å²) >= 11 is 1.31. The van der Waals surface area contributed by atoms with Crippen LogP contribution in [0.4, 0.5) is 5.13 Å². The van der Waals surface area contributed by atoms with Gasteiger partial charge in [0.2, 0.25) is 0 Å². The van der Waals surface area contributed by atoms with E-state index in [-0.39, 0.29) is 0 Å². The Kier molecular flexibility index (Phi) is 5.83. The van der Waals surface area contributed by atoms with Crippen LogP contribution in [-0.2, 0) is 9.53 Å². The van der Waals surface area contributed by atoms with E-state index in [0.29, 0.717) is 16.4 Å². The molecule has 7 heteroatoms. The lowest BCUT2D eigenvalue weighted by atomic mass is 10.2. The molecule has 3 aromatic rings. The molecule has 0 fully saturated rings. The Morgan fingerprint density at radius 2 is 1.78 bits per heavy atom. The van der Waals surface area contributed by atoms with Crippen molar-refractivity contribution in [2.75, 3.05) is 12.4 Å². The van der Waals surface area contributed by atoms with Crippen molar-refractivity contribution in [1.82, 2.24) is 4.98 Å². The molecule has 0 saturated carbocycles. The topological polar surface area (TPSA) is 77.5 Å². The number of thiazole rings is 1.